The molecular formula is C11H13ClFNO2. The van der Waals surface area contributed by atoms with Crippen LogP contribution in [0.5, 0.6) is 0 Å². The van der Waals surface area contributed by atoms with Gasteiger partial charge < -0.3 is 10.4 Å². The van der Waals surface area contributed by atoms with E-state index < -0.39 is 17.3 Å². The number of anilines is 1. The monoisotopic (exact) mass is 245 g/mol. The van der Waals surface area contributed by atoms with E-state index in [4.69, 9.17) is 16.7 Å². The first-order chi connectivity index (χ1) is 7.39. The molecule has 0 aromatic heterocycles. The Bertz CT molecular complexity index is 411. The van der Waals surface area contributed by atoms with Crippen LogP contribution in [-0.2, 0) is 4.79 Å². The first-order valence-corrected chi connectivity index (χ1v) is 5.23. The first kappa shape index (κ1) is 12.8. The highest BCUT2D eigenvalue weighted by atomic mass is 35.5. The molecule has 1 unspecified atom stereocenters. The Kier molecular flexibility index (Phi) is 3.75. The Labute approximate surface area is 98.2 Å². The number of benzene rings is 1. The number of hydrogen-bond donors (Lipinski definition) is 2. The van der Waals surface area contributed by atoms with Gasteiger partial charge in [0.25, 0.3) is 0 Å². The Hall–Kier alpha value is -1.29. The van der Waals surface area contributed by atoms with Gasteiger partial charge in [0.1, 0.15) is 11.4 Å². The van der Waals surface area contributed by atoms with E-state index in [1.807, 2.05) is 0 Å². The van der Waals surface area contributed by atoms with E-state index in [2.05, 4.69) is 5.32 Å². The fourth-order valence-corrected chi connectivity index (χ4v) is 1.40. The van der Waals surface area contributed by atoms with Crippen LogP contribution in [0.4, 0.5) is 10.1 Å². The second kappa shape index (κ2) is 4.70. The molecule has 1 aromatic carbocycles. The molecule has 1 atom stereocenters. The summed E-state index contributed by atoms with van der Waals surface area (Å²) < 4.78 is 12.8. The van der Waals surface area contributed by atoms with Crippen LogP contribution in [0.2, 0.25) is 5.02 Å². The van der Waals surface area contributed by atoms with Gasteiger partial charge in [0.15, 0.2) is 0 Å². The van der Waals surface area contributed by atoms with Gasteiger partial charge in [-0.25, -0.2) is 9.18 Å². The second-order valence-electron chi connectivity index (χ2n) is 3.74. The molecule has 2 N–H and O–H groups in total. The van der Waals surface area contributed by atoms with Crippen LogP contribution in [-0.4, -0.2) is 16.6 Å². The van der Waals surface area contributed by atoms with Gasteiger partial charge in [-0.05, 0) is 31.5 Å². The Balaban J connectivity index is 2.99. The van der Waals surface area contributed by atoms with Gasteiger partial charge in [-0.1, -0.05) is 18.5 Å². The van der Waals surface area contributed by atoms with Crippen molar-refractivity contribution in [1.82, 2.24) is 0 Å². The van der Waals surface area contributed by atoms with Crippen LogP contribution < -0.4 is 5.32 Å². The highest BCUT2D eigenvalue weighted by molar-refractivity contribution is 6.33. The lowest BCUT2D eigenvalue weighted by atomic mass is 9.99. The van der Waals surface area contributed by atoms with Crippen LogP contribution in [0, 0.1) is 5.82 Å². The number of aliphatic carboxylic acids is 1. The maximum absolute atomic E-state index is 12.8. The molecule has 0 aliphatic rings. The van der Waals surface area contributed by atoms with E-state index in [1.54, 1.807) is 13.8 Å². The maximum Gasteiger partial charge on any atom is 0.329 e. The smallest absolute Gasteiger partial charge is 0.329 e. The molecule has 0 bridgehead atoms. The zero-order chi connectivity index (χ0) is 12.3. The summed E-state index contributed by atoms with van der Waals surface area (Å²) in [5, 5.41) is 12.0. The third-order valence-corrected chi connectivity index (χ3v) is 2.83. The van der Waals surface area contributed by atoms with Crippen molar-refractivity contribution in [1.29, 1.82) is 0 Å². The fraction of sp³-hybridized carbons (Fsp3) is 0.364. The van der Waals surface area contributed by atoms with Gasteiger partial charge in [0.2, 0.25) is 0 Å². The van der Waals surface area contributed by atoms with Crippen molar-refractivity contribution in [2.45, 2.75) is 25.8 Å². The lowest BCUT2D eigenvalue weighted by Crippen LogP contribution is -2.42. The minimum atomic E-state index is -1.11. The summed E-state index contributed by atoms with van der Waals surface area (Å²) in [6.45, 7) is 3.30. The highest BCUT2D eigenvalue weighted by Gasteiger charge is 2.31. The summed E-state index contributed by atoms with van der Waals surface area (Å²) in [5.74, 6) is -1.43. The summed E-state index contributed by atoms with van der Waals surface area (Å²) in [6.07, 6.45) is 0.385. The molecule has 0 aliphatic carbocycles. The zero-order valence-corrected chi connectivity index (χ0v) is 9.81. The topological polar surface area (TPSA) is 49.3 Å². The van der Waals surface area contributed by atoms with E-state index in [0.717, 1.165) is 6.07 Å². The van der Waals surface area contributed by atoms with Crippen LogP contribution >= 0.6 is 11.6 Å². The molecular weight excluding hydrogens is 233 g/mol. The predicted octanol–water partition coefficient (Wildman–Crippen LogP) is 3.14. The van der Waals surface area contributed by atoms with Gasteiger partial charge in [0, 0.05) is 0 Å². The quantitative estimate of drug-likeness (QED) is 0.857. The largest absolute Gasteiger partial charge is 0.480 e. The second-order valence-corrected chi connectivity index (χ2v) is 4.15. The van der Waals surface area contributed by atoms with E-state index in [-0.39, 0.29) is 5.02 Å². The molecule has 5 heteroatoms. The van der Waals surface area contributed by atoms with Gasteiger partial charge in [-0.3, -0.25) is 0 Å². The zero-order valence-electron chi connectivity index (χ0n) is 9.05. The number of rotatable bonds is 4. The lowest BCUT2D eigenvalue weighted by molar-refractivity contribution is -0.141. The lowest BCUT2D eigenvalue weighted by Gasteiger charge is -2.26. The summed E-state index contributed by atoms with van der Waals surface area (Å²) in [7, 11) is 0. The number of halogens is 2. The van der Waals surface area contributed by atoms with E-state index >= 15 is 0 Å². The molecule has 1 aromatic rings. The standard InChI is InChI=1S/C11H13ClFNO2/c1-3-11(2,10(15)16)14-9-5-4-7(13)6-8(9)12/h4-6,14H,3H2,1-2H3,(H,15,16). The van der Waals surface area contributed by atoms with Crippen molar-refractivity contribution in [2.24, 2.45) is 0 Å². The molecule has 3 nitrogen and oxygen atoms in total. The summed E-state index contributed by atoms with van der Waals surface area (Å²) in [5.41, 5.74) is -0.698. The van der Waals surface area contributed by atoms with Gasteiger partial charge >= 0.3 is 5.97 Å². The fourth-order valence-electron chi connectivity index (χ4n) is 1.18. The van der Waals surface area contributed by atoms with Gasteiger partial charge in [-0.2, -0.15) is 0 Å². The van der Waals surface area contributed by atoms with E-state index in [0.29, 0.717) is 12.1 Å². The van der Waals surface area contributed by atoms with Crippen LogP contribution in [0.25, 0.3) is 0 Å². The molecule has 0 aliphatic heterocycles. The Morgan fingerprint density at radius 3 is 2.69 bits per heavy atom. The number of carbonyl (C=O) groups is 1. The molecule has 0 fully saturated rings. The molecule has 0 spiro atoms. The van der Waals surface area contributed by atoms with Crippen molar-refractivity contribution in [2.75, 3.05) is 5.32 Å². The Morgan fingerprint density at radius 1 is 1.62 bits per heavy atom. The van der Waals surface area contributed by atoms with Crippen molar-refractivity contribution in [3.05, 3.63) is 29.0 Å². The van der Waals surface area contributed by atoms with Crippen LogP contribution in [0.1, 0.15) is 20.3 Å². The molecule has 0 saturated carbocycles. The number of carboxylic acid groups (broad SMARTS) is 1. The first-order valence-electron chi connectivity index (χ1n) is 4.85. The molecule has 16 heavy (non-hydrogen) atoms. The maximum atomic E-state index is 12.8. The highest BCUT2D eigenvalue weighted by Crippen LogP contribution is 2.27. The Morgan fingerprint density at radius 2 is 2.25 bits per heavy atom. The normalized spacial score (nSPS) is 14.2. The number of nitrogens with one attached hydrogen (secondary N) is 1. The predicted molar refractivity (Wildman–Crippen MR) is 61.4 cm³/mol. The van der Waals surface area contributed by atoms with Crippen LogP contribution in [0.3, 0.4) is 0 Å². The number of carboxylic acids is 1. The molecule has 0 amide bonds. The molecule has 88 valence electrons. The third kappa shape index (κ3) is 2.64. The number of hydrogen-bond acceptors (Lipinski definition) is 2. The molecule has 1 rings (SSSR count). The molecule has 0 radical (unpaired) electrons. The molecule has 0 heterocycles. The summed E-state index contributed by atoms with van der Waals surface area (Å²) in [4.78, 5) is 11.1. The molecule has 0 saturated heterocycles. The summed E-state index contributed by atoms with van der Waals surface area (Å²) in [6, 6.07) is 3.79. The average Bonchev–Trinajstić information content (AvgIpc) is 2.22. The van der Waals surface area contributed by atoms with Gasteiger partial charge in [0.05, 0.1) is 10.7 Å². The van der Waals surface area contributed by atoms with Crippen molar-refractivity contribution in [3.63, 3.8) is 0 Å². The SMILES string of the molecule is CCC(C)(Nc1ccc(F)cc1Cl)C(=O)O. The third-order valence-electron chi connectivity index (χ3n) is 2.52. The van der Waals surface area contributed by atoms with Crippen molar-refractivity contribution < 1.29 is 14.3 Å². The van der Waals surface area contributed by atoms with Crippen LogP contribution in [0.15, 0.2) is 18.2 Å². The van der Waals surface area contributed by atoms with E-state index in [9.17, 15) is 9.18 Å². The van der Waals surface area contributed by atoms with E-state index in [1.165, 1.54) is 12.1 Å². The summed E-state index contributed by atoms with van der Waals surface area (Å²) >= 11 is 5.80. The average molecular weight is 246 g/mol. The van der Waals surface area contributed by atoms with Crippen molar-refractivity contribution in [3.8, 4) is 0 Å². The van der Waals surface area contributed by atoms with Crippen molar-refractivity contribution >= 4 is 23.3 Å². The van der Waals surface area contributed by atoms with Gasteiger partial charge in [-0.15, -0.1) is 0 Å². The minimum Gasteiger partial charge on any atom is -0.480 e. The minimum absolute atomic E-state index is 0.168.